The third-order valence-electron chi connectivity index (χ3n) is 3.68. The third kappa shape index (κ3) is 5.23. The molecule has 0 spiro atoms. The van der Waals surface area contributed by atoms with E-state index in [0.29, 0.717) is 12.0 Å². The van der Waals surface area contributed by atoms with E-state index in [1.165, 1.54) is 12.0 Å². The van der Waals surface area contributed by atoms with E-state index < -0.39 is 0 Å². The predicted molar refractivity (Wildman–Crippen MR) is 83.0 cm³/mol. The minimum absolute atomic E-state index is 0.449. The summed E-state index contributed by atoms with van der Waals surface area (Å²) in [7, 11) is 0. The van der Waals surface area contributed by atoms with Gasteiger partial charge in [-0.25, -0.2) is 0 Å². The molecule has 0 saturated heterocycles. The first kappa shape index (κ1) is 16.0. The molecule has 1 N–H and O–H groups in total. The predicted octanol–water partition coefficient (Wildman–Crippen LogP) is 4.36. The van der Waals surface area contributed by atoms with Crippen molar-refractivity contribution in [2.45, 2.75) is 58.9 Å². The molecular formula is C17H29NO. The third-order valence-corrected chi connectivity index (χ3v) is 3.68. The maximum absolute atomic E-state index is 6.05. The van der Waals surface area contributed by atoms with Crippen LogP contribution in [0.5, 0.6) is 5.75 Å². The van der Waals surface area contributed by atoms with Crippen molar-refractivity contribution in [3.63, 3.8) is 0 Å². The quantitative estimate of drug-likeness (QED) is 0.715. The summed E-state index contributed by atoms with van der Waals surface area (Å²) in [4.78, 5) is 0. The van der Waals surface area contributed by atoms with Crippen molar-refractivity contribution in [2.24, 2.45) is 0 Å². The lowest BCUT2D eigenvalue weighted by Crippen LogP contribution is -2.34. The van der Waals surface area contributed by atoms with Gasteiger partial charge in [-0.3, -0.25) is 0 Å². The number of hydrogen-bond donors (Lipinski definition) is 1. The van der Waals surface area contributed by atoms with Crippen molar-refractivity contribution >= 4 is 0 Å². The van der Waals surface area contributed by atoms with Gasteiger partial charge >= 0.3 is 0 Å². The Kier molecular flexibility index (Phi) is 7.57. The van der Waals surface area contributed by atoms with E-state index in [0.717, 1.165) is 31.7 Å². The van der Waals surface area contributed by atoms with E-state index in [2.05, 4.69) is 57.3 Å². The van der Waals surface area contributed by atoms with Crippen LogP contribution < -0.4 is 10.1 Å². The standard InChI is InChI=1S/C17H29NO/c1-5-12-18-15(7-3)13-19-17-11-9-8-10-16(17)14(4)6-2/h8-11,14-15,18H,5-7,12-13H2,1-4H3. The summed E-state index contributed by atoms with van der Waals surface area (Å²) in [6.07, 6.45) is 3.41. The van der Waals surface area contributed by atoms with Gasteiger partial charge in [-0.1, -0.05) is 45.9 Å². The first-order valence-corrected chi connectivity index (χ1v) is 7.67. The largest absolute Gasteiger partial charge is 0.492 e. The number of nitrogens with one attached hydrogen (secondary N) is 1. The minimum atomic E-state index is 0.449. The van der Waals surface area contributed by atoms with E-state index in [1.54, 1.807) is 0 Å². The molecule has 0 amide bonds. The highest BCUT2D eigenvalue weighted by Gasteiger charge is 2.11. The molecule has 0 aliphatic carbocycles. The number of rotatable bonds is 9. The fourth-order valence-corrected chi connectivity index (χ4v) is 2.10. The maximum atomic E-state index is 6.05. The van der Waals surface area contributed by atoms with Crippen LogP contribution in [0.25, 0.3) is 0 Å². The lowest BCUT2D eigenvalue weighted by molar-refractivity contribution is 0.257. The van der Waals surface area contributed by atoms with E-state index in [-0.39, 0.29) is 0 Å². The molecule has 0 aliphatic heterocycles. The Morgan fingerprint density at radius 3 is 2.47 bits per heavy atom. The summed E-state index contributed by atoms with van der Waals surface area (Å²) in [5.74, 6) is 1.61. The highest BCUT2D eigenvalue weighted by Crippen LogP contribution is 2.28. The number of hydrogen-bond acceptors (Lipinski definition) is 2. The average Bonchev–Trinajstić information content (AvgIpc) is 2.47. The van der Waals surface area contributed by atoms with Gasteiger partial charge in [0.05, 0.1) is 0 Å². The van der Waals surface area contributed by atoms with Crippen LogP contribution in [0, 0.1) is 0 Å². The minimum Gasteiger partial charge on any atom is -0.492 e. The summed E-state index contributed by atoms with van der Waals surface area (Å²) in [5.41, 5.74) is 1.33. The normalized spacial score (nSPS) is 14.1. The summed E-state index contributed by atoms with van der Waals surface area (Å²) >= 11 is 0. The van der Waals surface area contributed by atoms with Crippen molar-refractivity contribution in [2.75, 3.05) is 13.2 Å². The van der Waals surface area contributed by atoms with E-state index in [9.17, 15) is 0 Å². The Balaban J connectivity index is 2.61. The average molecular weight is 263 g/mol. The van der Waals surface area contributed by atoms with Crippen molar-refractivity contribution < 1.29 is 4.74 Å². The second kappa shape index (κ2) is 8.98. The second-order valence-electron chi connectivity index (χ2n) is 5.22. The molecule has 1 aromatic rings. The summed E-state index contributed by atoms with van der Waals surface area (Å²) in [6.45, 7) is 10.7. The lowest BCUT2D eigenvalue weighted by atomic mass is 9.98. The van der Waals surface area contributed by atoms with Gasteiger partial charge in [0.15, 0.2) is 0 Å². The van der Waals surface area contributed by atoms with Gasteiger partial charge in [-0.15, -0.1) is 0 Å². The van der Waals surface area contributed by atoms with Crippen molar-refractivity contribution in [1.82, 2.24) is 5.32 Å². The zero-order valence-electron chi connectivity index (χ0n) is 12.9. The highest BCUT2D eigenvalue weighted by atomic mass is 16.5. The Morgan fingerprint density at radius 2 is 1.84 bits per heavy atom. The zero-order chi connectivity index (χ0) is 14.1. The first-order chi connectivity index (χ1) is 9.22. The van der Waals surface area contributed by atoms with Crippen LogP contribution in [-0.4, -0.2) is 19.2 Å². The van der Waals surface area contributed by atoms with E-state index in [1.807, 2.05) is 0 Å². The Labute approximate surface area is 118 Å². The molecule has 2 atom stereocenters. The summed E-state index contributed by atoms with van der Waals surface area (Å²) in [5, 5.41) is 3.53. The van der Waals surface area contributed by atoms with Crippen molar-refractivity contribution in [3.8, 4) is 5.75 Å². The van der Waals surface area contributed by atoms with Crippen LogP contribution in [0.4, 0.5) is 0 Å². The van der Waals surface area contributed by atoms with Gasteiger partial charge in [-0.2, -0.15) is 0 Å². The second-order valence-corrected chi connectivity index (χ2v) is 5.22. The maximum Gasteiger partial charge on any atom is 0.122 e. The Hall–Kier alpha value is -1.02. The number of ether oxygens (including phenoxy) is 1. The van der Waals surface area contributed by atoms with Crippen LogP contribution in [0.3, 0.4) is 0 Å². The molecule has 0 fully saturated rings. The number of para-hydroxylation sites is 1. The molecule has 1 aromatic carbocycles. The molecule has 1 rings (SSSR count). The molecular weight excluding hydrogens is 234 g/mol. The molecule has 2 unspecified atom stereocenters. The topological polar surface area (TPSA) is 21.3 Å². The zero-order valence-corrected chi connectivity index (χ0v) is 12.9. The molecule has 0 heterocycles. The Bertz CT molecular complexity index is 351. The van der Waals surface area contributed by atoms with Gasteiger partial charge in [0.25, 0.3) is 0 Å². The first-order valence-electron chi connectivity index (χ1n) is 7.67. The van der Waals surface area contributed by atoms with Gasteiger partial charge in [0, 0.05) is 6.04 Å². The monoisotopic (exact) mass is 263 g/mol. The van der Waals surface area contributed by atoms with Gasteiger partial charge in [0.2, 0.25) is 0 Å². The van der Waals surface area contributed by atoms with Gasteiger partial charge < -0.3 is 10.1 Å². The fraction of sp³-hybridized carbons (Fsp3) is 0.647. The van der Waals surface area contributed by atoms with Crippen LogP contribution >= 0.6 is 0 Å². The van der Waals surface area contributed by atoms with Crippen LogP contribution in [0.2, 0.25) is 0 Å². The lowest BCUT2D eigenvalue weighted by Gasteiger charge is -2.20. The highest BCUT2D eigenvalue weighted by molar-refractivity contribution is 5.35. The smallest absolute Gasteiger partial charge is 0.122 e. The summed E-state index contributed by atoms with van der Waals surface area (Å²) < 4.78 is 6.05. The van der Waals surface area contributed by atoms with E-state index >= 15 is 0 Å². The molecule has 0 aromatic heterocycles. The van der Waals surface area contributed by atoms with E-state index in [4.69, 9.17) is 4.74 Å². The van der Waals surface area contributed by atoms with Crippen molar-refractivity contribution in [1.29, 1.82) is 0 Å². The molecule has 0 saturated carbocycles. The molecule has 0 bridgehead atoms. The molecule has 19 heavy (non-hydrogen) atoms. The molecule has 2 nitrogen and oxygen atoms in total. The van der Waals surface area contributed by atoms with Crippen molar-refractivity contribution in [3.05, 3.63) is 29.8 Å². The molecule has 0 radical (unpaired) electrons. The van der Waals surface area contributed by atoms with Gasteiger partial charge in [-0.05, 0) is 43.4 Å². The van der Waals surface area contributed by atoms with Crippen LogP contribution in [0.1, 0.15) is 58.4 Å². The van der Waals surface area contributed by atoms with Gasteiger partial charge in [0.1, 0.15) is 12.4 Å². The Morgan fingerprint density at radius 1 is 1.11 bits per heavy atom. The molecule has 0 aliphatic rings. The molecule has 108 valence electrons. The summed E-state index contributed by atoms with van der Waals surface area (Å²) in [6, 6.07) is 8.88. The van der Waals surface area contributed by atoms with Crippen LogP contribution in [-0.2, 0) is 0 Å². The fourth-order valence-electron chi connectivity index (χ4n) is 2.10. The number of benzene rings is 1. The SMILES string of the molecule is CCCNC(CC)COc1ccccc1C(C)CC. The molecule has 2 heteroatoms. The van der Waals surface area contributed by atoms with Crippen LogP contribution in [0.15, 0.2) is 24.3 Å².